The Kier molecular flexibility index (Phi) is 6.07. The number of aryl methyl sites for hydroxylation is 1. The fourth-order valence-electron chi connectivity index (χ4n) is 2.49. The minimum Gasteiger partial charge on any atom is -0.392 e. The second-order valence-electron chi connectivity index (χ2n) is 5.07. The SMILES string of the molecule is NCC(c1c(Cl)cccc1Cl)C(O)CCc1ccccc1. The van der Waals surface area contributed by atoms with Gasteiger partial charge in [0.25, 0.3) is 0 Å². The zero-order chi connectivity index (χ0) is 15.2. The van der Waals surface area contributed by atoms with E-state index < -0.39 is 6.10 Å². The predicted octanol–water partition coefficient (Wildman–Crippen LogP) is 4.03. The van der Waals surface area contributed by atoms with Gasteiger partial charge in [-0.15, -0.1) is 0 Å². The van der Waals surface area contributed by atoms with Crippen LogP contribution < -0.4 is 5.73 Å². The lowest BCUT2D eigenvalue weighted by atomic mass is 9.90. The molecule has 3 N–H and O–H groups in total. The summed E-state index contributed by atoms with van der Waals surface area (Å²) in [5.41, 5.74) is 7.77. The van der Waals surface area contributed by atoms with Gasteiger partial charge in [-0.25, -0.2) is 0 Å². The lowest BCUT2D eigenvalue weighted by Gasteiger charge is -2.24. The maximum absolute atomic E-state index is 10.5. The second-order valence-corrected chi connectivity index (χ2v) is 5.88. The molecule has 0 aliphatic carbocycles. The van der Waals surface area contributed by atoms with E-state index >= 15 is 0 Å². The van der Waals surface area contributed by atoms with E-state index in [-0.39, 0.29) is 5.92 Å². The van der Waals surface area contributed by atoms with Crippen molar-refractivity contribution in [2.24, 2.45) is 5.73 Å². The lowest BCUT2D eigenvalue weighted by Crippen LogP contribution is -2.27. The molecule has 4 heteroatoms. The van der Waals surface area contributed by atoms with Gasteiger partial charge in [-0.2, -0.15) is 0 Å². The Morgan fingerprint density at radius 1 is 0.952 bits per heavy atom. The highest BCUT2D eigenvalue weighted by Crippen LogP contribution is 2.34. The summed E-state index contributed by atoms with van der Waals surface area (Å²) in [4.78, 5) is 0. The molecule has 2 rings (SSSR count). The fraction of sp³-hybridized carbons (Fsp3) is 0.294. The van der Waals surface area contributed by atoms with Crippen molar-refractivity contribution in [3.05, 3.63) is 69.7 Å². The fourth-order valence-corrected chi connectivity index (χ4v) is 3.17. The van der Waals surface area contributed by atoms with Crippen molar-refractivity contribution in [3.63, 3.8) is 0 Å². The number of rotatable bonds is 6. The third kappa shape index (κ3) is 4.21. The molecule has 0 saturated heterocycles. The first-order valence-corrected chi connectivity index (χ1v) is 7.75. The number of aliphatic hydroxyl groups excluding tert-OH is 1. The van der Waals surface area contributed by atoms with Gasteiger partial charge in [0, 0.05) is 22.5 Å². The van der Waals surface area contributed by atoms with E-state index in [1.165, 1.54) is 5.56 Å². The number of hydrogen-bond acceptors (Lipinski definition) is 2. The van der Waals surface area contributed by atoms with Crippen LogP contribution in [0.3, 0.4) is 0 Å². The first-order valence-electron chi connectivity index (χ1n) is 6.99. The molecule has 0 amide bonds. The van der Waals surface area contributed by atoms with Crippen molar-refractivity contribution in [3.8, 4) is 0 Å². The molecule has 2 aromatic carbocycles. The Balaban J connectivity index is 2.10. The van der Waals surface area contributed by atoms with Crippen LogP contribution in [0, 0.1) is 0 Å². The van der Waals surface area contributed by atoms with Crippen molar-refractivity contribution < 1.29 is 5.11 Å². The van der Waals surface area contributed by atoms with Crippen LogP contribution >= 0.6 is 23.2 Å². The first-order chi connectivity index (χ1) is 10.1. The molecule has 0 aliphatic rings. The van der Waals surface area contributed by atoms with Gasteiger partial charge in [-0.05, 0) is 36.1 Å². The van der Waals surface area contributed by atoms with Crippen LogP contribution in [0.4, 0.5) is 0 Å². The summed E-state index contributed by atoms with van der Waals surface area (Å²) in [6.45, 7) is 0.305. The molecule has 0 radical (unpaired) electrons. The molecule has 2 unspecified atom stereocenters. The van der Waals surface area contributed by atoms with Crippen LogP contribution in [-0.4, -0.2) is 17.8 Å². The Hall–Kier alpha value is -1.06. The van der Waals surface area contributed by atoms with Crippen molar-refractivity contribution in [2.75, 3.05) is 6.54 Å². The Morgan fingerprint density at radius 3 is 2.14 bits per heavy atom. The van der Waals surface area contributed by atoms with Crippen LogP contribution in [0.25, 0.3) is 0 Å². The minimum atomic E-state index is -0.576. The average molecular weight is 324 g/mol. The summed E-state index contributed by atoms with van der Waals surface area (Å²) >= 11 is 12.4. The molecule has 0 spiro atoms. The van der Waals surface area contributed by atoms with E-state index in [0.717, 1.165) is 12.0 Å². The molecule has 21 heavy (non-hydrogen) atoms. The number of nitrogens with two attached hydrogens (primary N) is 1. The number of halogens is 2. The summed E-state index contributed by atoms with van der Waals surface area (Å²) in [5, 5.41) is 11.6. The quantitative estimate of drug-likeness (QED) is 0.843. The molecule has 112 valence electrons. The Bertz CT molecular complexity index is 554. The maximum atomic E-state index is 10.5. The highest BCUT2D eigenvalue weighted by atomic mass is 35.5. The Labute approximate surface area is 135 Å². The van der Waals surface area contributed by atoms with E-state index in [1.54, 1.807) is 18.2 Å². The standard InChI is InChI=1S/C17H19Cl2NO/c18-14-7-4-8-15(19)17(14)13(11-20)16(21)10-9-12-5-2-1-3-6-12/h1-8,13,16,21H,9-11,20H2. The molecule has 0 bridgehead atoms. The van der Waals surface area contributed by atoms with Gasteiger partial charge in [0.05, 0.1) is 6.10 Å². The minimum absolute atomic E-state index is 0.255. The molecule has 2 nitrogen and oxygen atoms in total. The number of hydrogen-bond donors (Lipinski definition) is 2. The topological polar surface area (TPSA) is 46.2 Å². The van der Waals surface area contributed by atoms with Crippen molar-refractivity contribution in [2.45, 2.75) is 24.9 Å². The van der Waals surface area contributed by atoms with Crippen LogP contribution in [-0.2, 0) is 6.42 Å². The zero-order valence-electron chi connectivity index (χ0n) is 11.7. The molecule has 0 fully saturated rings. The third-order valence-electron chi connectivity index (χ3n) is 3.66. The molecular formula is C17H19Cl2NO. The van der Waals surface area contributed by atoms with Gasteiger partial charge in [-0.1, -0.05) is 59.6 Å². The first kappa shape index (κ1) is 16.3. The van der Waals surface area contributed by atoms with Crippen LogP contribution in [0.15, 0.2) is 48.5 Å². The maximum Gasteiger partial charge on any atom is 0.0625 e. The van der Waals surface area contributed by atoms with Gasteiger partial charge in [0.15, 0.2) is 0 Å². The van der Waals surface area contributed by atoms with Crippen molar-refractivity contribution >= 4 is 23.2 Å². The lowest BCUT2D eigenvalue weighted by molar-refractivity contribution is 0.136. The third-order valence-corrected chi connectivity index (χ3v) is 4.32. The largest absolute Gasteiger partial charge is 0.392 e. The van der Waals surface area contributed by atoms with Crippen molar-refractivity contribution in [1.82, 2.24) is 0 Å². The van der Waals surface area contributed by atoms with Crippen LogP contribution in [0.1, 0.15) is 23.5 Å². The monoisotopic (exact) mass is 323 g/mol. The van der Waals surface area contributed by atoms with Gasteiger partial charge >= 0.3 is 0 Å². The summed E-state index contributed by atoms with van der Waals surface area (Å²) < 4.78 is 0. The smallest absolute Gasteiger partial charge is 0.0625 e. The predicted molar refractivity (Wildman–Crippen MR) is 89.0 cm³/mol. The van der Waals surface area contributed by atoms with E-state index in [1.807, 2.05) is 30.3 Å². The molecule has 2 atom stereocenters. The second kappa shape index (κ2) is 7.81. The Morgan fingerprint density at radius 2 is 1.57 bits per heavy atom. The summed E-state index contributed by atoms with van der Waals surface area (Å²) in [6.07, 6.45) is 0.834. The number of benzene rings is 2. The van der Waals surface area contributed by atoms with Gasteiger partial charge in [0.1, 0.15) is 0 Å². The molecule has 0 aliphatic heterocycles. The summed E-state index contributed by atoms with van der Waals surface area (Å²) in [6, 6.07) is 15.4. The molecular weight excluding hydrogens is 305 g/mol. The molecule has 0 heterocycles. The van der Waals surface area contributed by atoms with Gasteiger partial charge < -0.3 is 10.8 Å². The normalized spacial score (nSPS) is 13.9. The highest BCUT2D eigenvalue weighted by Gasteiger charge is 2.24. The highest BCUT2D eigenvalue weighted by molar-refractivity contribution is 6.36. The van der Waals surface area contributed by atoms with Gasteiger partial charge in [-0.3, -0.25) is 0 Å². The average Bonchev–Trinajstić information content (AvgIpc) is 2.50. The molecule has 2 aromatic rings. The van der Waals surface area contributed by atoms with Crippen LogP contribution in [0.5, 0.6) is 0 Å². The van der Waals surface area contributed by atoms with Gasteiger partial charge in [0.2, 0.25) is 0 Å². The summed E-state index contributed by atoms with van der Waals surface area (Å²) in [5.74, 6) is -0.255. The van der Waals surface area contributed by atoms with E-state index in [0.29, 0.717) is 23.0 Å². The zero-order valence-corrected chi connectivity index (χ0v) is 13.2. The summed E-state index contributed by atoms with van der Waals surface area (Å²) in [7, 11) is 0. The van der Waals surface area contributed by atoms with E-state index in [4.69, 9.17) is 28.9 Å². The van der Waals surface area contributed by atoms with Crippen LogP contribution in [0.2, 0.25) is 10.0 Å². The molecule has 0 aromatic heterocycles. The molecule has 0 saturated carbocycles. The van der Waals surface area contributed by atoms with E-state index in [2.05, 4.69) is 0 Å². The van der Waals surface area contributed by atoms with Crippen molar-refractivity contribution in [1.29, 1.82) is 0 Å². The van der Waals surface area contributed by atoms with E-state index in [9.17, 15) is 5.11 Å². The number of aliphatic hydroxyl groups is 1.